The maximum Gasteiger partial charge on any atom is 0.245 e. The van der Waals surface area contributed by atoms with Gasteiger partial charge in [-0.15, -0.1) is 0 Å². The van der Waals surface area contributed by atoms with Crippen molar-refractivity contribution in [3.8, 4) is 0 Å². The van der Waals surface area contributed by atoms with Gasteiger partial charge >= 0.3 is 0 Å². The summed E-state index contributed by atoms with van der Waals surface area (Å²) in [7, 11) is 0. The van der Waals surface area contributed by atoms with Crippen molar-refractivity contribution >= 4 is 11.8 Å². The molecule has 0 aromatic rings. The van der Waals surface area contributed by atoms with Crippen LogP contribution in [0.25, 0.3) is 0 Å². The summed E-state index contributed by atoms with van der Waals surface area (Å²) in [5.41, 5.74) is -0.627. The Bertz CT molecular complexity index is 345. The van der Waals surface area contributed by atoms with Crippen molar-refractivity contribution in [2.45, 2.75) is 37.3 Å². The highest BCUT2D eigenvalue weighted by Gasteiger charge is 2.54. The summed E-state index contributed by atoms with van der Waals surface area (Å²) >= 11 is 0. The van der Waals surface area contributed by atoms with Crippen LogP contribution >= 0.6 is 0 Å². The molecular weight excluding hydrogens is 208 g/mol. The van der Waals surface area contributed by atoms with Crippen molar-refractivity contribution in [3.63, 3.8) is 0 Å². The van der Waals surface area contributed by atoms with Crippen LogP contribution in [-0.4, -0.2) is 46.6 Å². The van der Waals surface area contributed by atoms with Crippen LogP contribution < -0.4 is 5.32 Å². The number of hydrogen-bond acceptors (Lipinski definition) is 3. The molecule has 5 heteroatoms. The van der Waals surface area contributed by atoms with Gasteiger partial charge in [-0.3, -0.25) is 9.59 Å². The molecule has 16 heavy (non-hydrogen) atoms. The van der Waals surface area contributed by atoms with Gasteiger partial charge in [-0.2, -0.15) is 0 Å². The van der Waals surface area contributed by atoms with Crippen LogP contribution in [0.3, 0.4) is 0 Å². The quantitative estimate of drug-likeness (QED) is 0.648. The zero-order chi connectivity index (χ0) is 11.3. The summed E-state index contributed by atoms with van der Waals surface area (Å²) in [4.78, 5) is 24.6. The van der Waals surface area contributed by atoms with Gasteiger partial charge in [-0.25, -0.2) is 0 Å². The number of nitrogens with zero attached hydrogens (tertiary/aromatic N) is 1. The monoisotopic (exact) mass is 224 g/mol. The van der Waals surface area contributed by atoms with Crippen LogP contribution in [0.4, 0.5) is 0 Å². The SMILES string of the molecule is O=C1CC[C@H](C(=O)N2CC(O)(C3CC3)C2)N1. The Kier molecular flexibility index (Phi) is 2.01. The maximum absolute atomic E-state index is 11.9. The molecule has 1 saturated carbocycles. The van der Waals surface area contributed by atoms with Crippen molar-refractivity contribution < 1.29 is 14.7 Å². The third-order valence-corrected chi connectivity index (χ3v) is 3.87. The van der Waals surface area contributed by atoms with Crippen LogP contribution in [0.15, 0.2) is 0 Å². The smallest absolute Gasteiger partial charge is 0.245 e. The van der Waals surface area contributed by atoms with Crippen LogP contribution in [-0.2, 0) is 9.59 Å². The molecule has 0 aromatic carbocycles. The minimum Gasteiger partial charge on any atom is -0.386 e. The van der Waals surface area contributed by atoms with Crippen LogP contribution in [0.5, 0.6) is 0 Å². The number of carbonyl (C=O) groups excluding carboxylic acids is 2. The van der Waals surface area contributed by atoms with E-state index in [-0.39, 0.29) is 17.9 Å². The molecule has 0 aromatic heterocycles. The number of amides is 2. The van der Waals surface area contributed by atoms with Gasteiger partial charge in [-0.1, -0.05) is 0 Å². The van der Waals surface area contributed by atoms with Crippen molar-refractivity contribution in [1.82, 2.24) is 10.2 Å². The molecule has 0 spiro atoms. The molecule has 2 N–H and O–H groups in total. The lowest BCUT2D eigenvalue weighted by molar-refractivity contribution is -0.161. The summed E-state index contributed by atoms with van der Waals surface area (Å²) in [5.74, 6) is 0.322. The second kappa shape index (κ2) is 3.20. The van der Waals surface area contributed by atoms with Gasteiger partial charge < -0.3 is 15.3 Å². The number of nitrogens with one attached hydrogen (secondary N) is 1. The number of hydrogen-bond donors (Lipinski definition) is 2. The third kappa shape index (κ3) is 1.50. The number of aliphatic hydroxyl groups is 1. The van der Waals surface area contributed by atoms with Gasteiger partial charge in [0.2, 0.25) is 11.8 Å². The van der Waals surface area contributed by atoms with E-state index in [4.69, 9.17) is 0 Å². The zero-order valence-electron chi connectivity index (χ0n) is 9.11. The van der Waals surface area contributed by atoms with E-state index in [9.17, 15) is 14.7 Å². The van der Waals surface area contributed by atoms with Crippen LogP contribution in [0.1, 0.15) is 25.7 Å². The molecule has 3 fully saturated rings. The van der Waals surface area contributed by atoms with E-state index in [1.54, 1.807) is 4.90 Å². The molecule has 2 amide bonds. The summed E-state index contributed by atoms with van der Waals surface area (Å²) in [5, 5.41) is 12.7. The maximum atomic E-state index is 11.9. The predicted octanol–water partition coefficient (Wildman–Crippen LogP) is -0.752. The first kappa shape index (κ1) is 10.1. The zero-order valence-corrected chi connectivity index (χ0v) is 9.11. The Labute approximate surface area is 93.8 Å². The molecule has 2 aliphatic heterocycles. The van der Waals surface area contributed by atoms with E-state index < -0.39 is 5.60 Å². The largest absolute Gasteiger partial charge is 0.386 e. The van der Waals surface area contributed by atoms with Crippen LogP contribution in [0.2, 0.25) is 0 Å². The highest BCUT2D eigenvalue weighted by Crippen LogP contribution is 2.44. The Morgan fingerprint density at radius 2 is 2.06 bits per heavy atom. The number of β-amino-alcohol motifs (C(OH)–C–C–N with tert-alkyl or cyclic N) is 1. The van der Waals surface area contributed by atoms with Gasteiger partial charge in [0.05, 0.1) is 13.1 Å². The van der Waals surface area contributed by atoms with Gasteiger partial charge in [0.25, 0.3) is 0 Å². The highest BCUT2D eigenvalue weighted by molar-refractivity contribution is 5.91. The average molecular weight is 224 g/mol. The Morgan fingerprint density at radius 3 is 2.56 bits per heavy atom. The summed E-state index contributed by atoms with van der Waals surface area (Å²) in [6.07, 6.45) is 3.20. The first-order chi connectivity index (χ1) is 7.58. The molecule has 0 bridgehead atoms. The lowest BCUT2D eigenvalue weighted by Crippen LogP contribution is -2.66. The van der Waals surface area contributed by atoms with E-state index in [1.807, 2.05) is 0 Å². The minimum atomic E-state index is -0.627. The molecular formula is C11H16N2O3. The van der Waals surface area contributed by atoms with E-state index in [1.165, 1.54) is 0 Å². The van der Waals surface area contributed by atoms with Crippen LogP contribution in [0, 0.1) is 5.92 Å². The first-order valence-corrected chi connectivity index (χ1v) is 5.89. The van der Waals surface area contributed by atoms with E-state index in [0.29, 0.717) is 31.8 Å². The number of likely N-dealkylation sites (tertiary alicyclic amines) is 1. The van der Waals surface area contributed by atoms with E-state index in [0.717, 1.165) is 12.8 Å². The second-order valence-corrected chi connectivity index (χ2v) is 5.23. The molecule has 2 saturated heterocycles. The summed E-state index contributed by atoms with van der Waals surface area (Å²) < 4.78 is 0. The van der Waals surface area contributed by atoms with Gasteiger partial charge in [0.1, 0.15) is 11.6 Å². The molecule has 3 aliphatic rings. The molecule has 3 rings (SSSR count). The second-order valence-electron chi connectivity index (χ2n) is 5.23. The Morgan fingerprint density at radius 1 is 1.38 bits per heavy atom. The molecule has 2 heterocycles. The van der Waals surface area contributed by atoms with E-state index in [2.05, 4.69) is 5.32 Å². The topological polar surface area (TPSA) is 69.6 Å². The van der Waals surface area contributed by atoms with Gasteiger partial charge in [-0.05, 0) is 25.2 Å². The summed E-state index contributed by atoms with van der Waals surface area (Å²) in [6, 6.07) is -0.351. The molecule has 1 atom stereocenters. The Balaban J connectivity index is 1.56. The lowest BCUT2D eigenvalue weighted by Gasteiger charge is -2.47. The van der Waals surface area contributed by atoms with Crippen molar-refractivity contribution in [3.05, 3.63) is 0 Å². The number of rotatable bonds is 2. The molecule has 1 aliphatic carbocycles. The number of carbonyl (C=O) groups is 2. The van der Waals surface area contributed by atoms with Gasteiger partial charge in [0.15, 0.2) is 0 Å². The fourth-order valence-electron chi connectivity index (χ4n) is 2.67. The molecule has 0 radical (unpaired) electrons. The van der Waals surface area contributed by atoms with E-state index >= 15 is 0 Å². The fraction of sp³-hybridized carbons (Fsp3) is 0.818. The molecule has 88 valence electrons. The Hall–Kier alpha value is -1.10. The fourth-order valence-corrected chi connectivity index (χ4v) is 2.67. The minimum absolute atomic E-state index is 0.0313. The van der Waals surface area contributed by atoms with Crippen molar-refractivity contribution in [2.75, 3.05) is 13.1 Å². The molecule has 5 nitrogen and oxygen atoms in total. The molecule has 0 unspecified atom stereocenters. The average Bonchev–Trinajstić information content (AvgIpc) is 2.96. The predicted molar refractivity (Wildman–Crippen MR) is 55.4 cm³/mol. The highest BCUT2D eigenvalue weighted by atomic mass is 16.3. The normalized spacial score (nSPS) is 32.2. The van der Waals surface area contributed by atoms with Gasteiger partial charge in [0, 0.05) is 6.42 Å². The van der Waals surface area contributed by atoms with Crippen molar-refractivity contribution in [2.24, 2.45) is 5.92 Å². The standard InChI is InChI=1S/C11H16N2O3/c14-9-4-3-8(12-9)10(15)13-5-11(16,6-13)7-1-2-7/h7-8,16H,1-6H2,(H,12,14)/t8-/m1/s1. The van der Waals surface area contributed by atoms with Crippen molar-refractivity contribution in [1.29, 1.82) is 0 Å². The summed E-state index contributed by atoms with van der Waals surface area (Å²) in [6.45, 7) is 0.895. The third-order valence-electron chi connectivity index (χ3n) is 3.87. The first-order valence-electron chi connectivity index (χ1n) is 5.89. The lowest BCUT2D eigenvalue weighted by atomic mass is 9.88.